The summed E-state index contributed by atoms with van der Waals surface area (Å²) in [4.78, 5) is 11.6. The molecule has 0 aliphatic carbocycles. The van der Waals surface area contributed by atoms with Gasteiger partial charge in [-0.25, -0.2) is 0 Å². The molecule has 6 nitrogen and oxygen atoms in total. The second-order valence-corrected chi connectivity index (χ2v) is 4.12. The van der Waals surface area contributed by atoms with E-state index in [-0.39, 0.29) is 13.1 Å². The molecule has 0 aromatic carbocycles. The first-order valence-electron chi connectivity index (χ1n) is 5.70. The molecule has 9 heteroatoms. The molecular formula is C11H12F3N5O. The fraction of sp³-hybridized carbons (Fsp3) is 0.364. The van der Waals surface area contributed by atoms with Gasteiger partial charge in [0.2, 0.25) is 5.91 Å². The summed E-state index contributed by atoms with van der Waals surface area (Å²) >= 11 is 0. The molecule has 0 atom stereocenters. The van der Waals surface area contributed by atoms with Crippen molar-refractivity contribution in [3.8, 4) is 0 Å². The first-order valence-corrected chi connectivity index (χ1v) is 5.70. The molecule has 2 aromatic rings. The van der Waals surface area contributed by atoms with E-state index in [2.05, 4.69) is 15.5 Å². The third kappa shape index (κ3) is 3.37. The summed E-state index contributed by atoms with van der Waals surface area (Å²) in [6.45, 7) is -0.0172. The lowest BCUT2D eigenvalue weighted by atomic mass is 10.4. The molecule has 0 saturated carbocycles. The van der Waals surface area contributed by atoms with Crippen molar-refractivity contribution < 1.29 is 18.0 Å². The predicted molar refractivity (Wildman–Crippen MR) is 62.3 cm³/mol. The Morgan fingerprint density at radius 3 is 2.70 bits per heavy atom. The van der Waals surface area contributed by atoms with Crippen LogP contribution in [-0.4, -0.2) is 25.5 Å². The number of hydrogen-bond donors (Lipinski definition) is 1. The van der Waals surface area contributed by atoms with Crippen LogP contribution in [0, 0.1) is 0 Å². The molecule has 0 spiro atoms. The summed E-state index contributed by atoms with van der Waals surface area (Å²) in [6.07, 6.45) is -1.80. The maximum Gasteiger partial charge on any atom is 0.435 e. The molecule has 108 valence electrons. The van der Waals surface area contributed by atoms with E-state index in [0.29, 0.717) is 0 Å². The van der Waals surface area contributed by atoms with Gasteiger partial charge in [0.1, 0.15) is 6.54 Å². The van der Waals surface area contributed by atoms with E-state index >= 15 is 0 Å². The molecule has 0 saturated heterocycles. The summed E-state index contributed by atoms with van der Waals surface area (Å²) in [7, 11) is 1.73. The summed E-state index contributed by atoms with van der Waals surface area (Å²) in [5.41, 5.74) is -0.230. The van der Waals surface area contributed by atoms with Crippen LogP contribution in [0.4, 0.5) is 13.2 Å². The number of rotatable bonds is 4. The van der Waals surface area contributed by atoms with Crippen LogP contribution in [0.2, 0.25) is 0 Å². The van der Waals surface area contributed by atoms with E-state index in [4.69, 9.17) is 0 Å². The summed E-state index contributed by atoms with van der Waals surface area (Å²) < 4.78 is 39.5. The lowest BCUT2D eigenvalue weighted by Crippen LogP contribution is -2.28. The van der Waals surface area contributed by atoms with Crippen molar-refractivity contribution in [1.29, 1.82) is 0 Å². The molecule has 1 amide bonds. The number of nitrogens with one attached hydrogen (secondary N) is 1. The lowest BCUT2D eigenvalue weighted by molar-refractivity contribution is -0.141. The second-order valence-electron chi connectivity index (χ2n) is 4.12. The number of carbonyl (C=O) groups is 1. The van der Waals surface area contributed by atoms with Gasteiger partial charge in [-0.2, -0.15) is 23.4 Å². The zero-order chi connectivity index (χ0) is 14.8. The van der Waals surface area contributed by atoms with Crippen LogP contribution in [0.1, 0.15) is 11.4 Å². The minimum absolute atomic E-state index is 0.253. The van der Waals surface area contributed by atoms with E-state index in [1.165, 1.54) is 0 Å². The van der Waals surface area contributed by atoms with Crippen molar-refractivity contribution >= 4 is 5.91 Å². The van der Waals surface area contributed by atoms with E-state index in [9.17, 15) is 18.0 Å². The Labute approximate surface area is 112 Å². The third-order valence-electron chi connectivity index (χ3n) is 2.63. The Balaban J connectivity index is 1.89. The average molecular weight is 287 g/mol. The molecule has 2 rings (SSSR count). The van der Waals surface area contributed by atoms with E-state index in [1.807, 2.05) is 0 Å². The smallest absolute Gasteiger partial charge is 0.349 e. The zero-order valence-electron chi connectivity index (χ0n) is 10.6. The van der Waals surface area contributed by atoms with Crippen molar-refractivity contribution in [3.05, 3.63) is 35.9 Å². The van der Waals surface area contributed by atoms with Crippen molar-refractivity contribution in [3.63, 3.8) is 0 Å². The molecule has 20 heavy (non-hydrogen) atoms. The van der Waals surface area contributed by atoms with Crippen LogP contribution in [0.3, 0.4) is 0 Å². The van der Waals surface area contributed by atoms with Crippen LogP contribution >= 0.6 is 0 Å². The molecular weight excluding hydrogens is 275 g/mol. The summed E-state index contributed by atoms with van der Waals surface area (Å²) in [6, 6.07) is 2.56. The lowest BCUT2D eigenvalue weighted by Gasteiger charge is -2.06. The Morgan fingerprint density at radius 2 is 2.15 bits per heavy atom. The molecule has 0 radical (unpaired) electrons. The van der Waals surface area contributed by atoms with Gasteiger partial charge in [0.25, 0.3) is 0 Å². The Bertz CT molecular complexity index is 601. The standard InChI is InChI=1S/C11H12F3N5O/c1-18-8(2-4-16-18)6-15-10(20)7-19-5-3-9(17-19)11(12,13)14/h2-5H,6-7H2,1H3,(H,15,20). The van der Waals surface area contributed by atoms with Gasteiger partial charge in [0.15, 0.2) is 5.69 Å². The highest BCUT2D eigenvalue weighted by Gasteiger charge is 2.33. The van der Waals surface area contributed by atoms with Crippen LogP contribution in [0.25, 0.3) is 0 Å². The van der Waals surface area contributed by atoms with Crippen molar-refractivity contribution in [2.24, 2.45) is 7.05 Å². The maximum atomic E-state index is 12.3. The van der Waals surface area contributed by atoms with Crippen LogP contribution in [0.15, 0.2) is 24.5 Å². The first kappa shape index (κ1) is 14.1. The van der Waals surface area contributed by atoms with Gasteiger partial charge in [-0.3, -0.25) is 14.2 Å². The van der Waals surface area contributed by atoms with Crippen molar-refractivity contribution in [2.75, 3.05) is 0 Å². The SMILES string of the molecule is Cn1nccc1CNC(=O)Cn1ccc(C(F)(F)F)n1. The van der Waals surface area contributed by atoms with Crippen molar-refractivity contribution in [2.45, 2.75) is 19.3 Å². The molecule has 2 aromatic heterocycles. The van der Waals surface area contributed by atoms with Gasteiger partial charge in [0, 0.05) is 19.4 Å². The number of amides is 1. The fourth-order valence-corrected chi connectivity index (χ4v) is 1.57. The molecule has 0 fully saturated rings. The van der Waals surface area contributed by atoms with Gasteiger partial charge in [-0.15, -0.1) is 0 Å². The largest absolute Gasteiger partial charge is 0.435 e. The number of aryl methyl sites for hydroxylation is 1. The van der Waals surface area contributed by atoms with E-state index < -0.39 is 17.8 Å². The van der Waals surface area contributed by atoms with Crippen LogP contribution in [-0.2, 0) is 31.1 Å². The number of aromatic nitrogens is 4. The number of halogens is 3. The summed E-state index contributed by atoms with van der Waals surface area (Å²) in [5, 5.41) is 9.81. The van der Waals surface area contributed by atoms with Crippen LogP contribution in [0.5, 0.6) is 0 Å². The Kier molecular flexibility index (Phi) is 3.77. The quantitative estimate of drug-likeness (QED) is 0.910. The van der Waals surface area contributed by atoms with Gasteiger partial charge in [-0.1, -0.05) is 0 Å². The molecule has 0 unspecified atom stereocenters. The Hall–Kier alpha value is -2.32. The zero-order valence-corrected chi connectivity index (χ0v) is 10.6. The number of alkyl halides is 3. The van der Waals surface area contributed by atoms with Gasteiger partial charge < -0.3 is 5.32 Å². The number of hydrogen-bond acceptors (Lipinski definition) is 3. The first-order chi connectivity index (χ1) is 9.36. The highest BCUT2D eigenvalue weighted by molar-refractivity contribution is 5.75. The predicted octanol–water partition coefficient (Wildman–Crippen LogP) is 0.952. The maximum absolute atomic E-state index is 12.3. The van der Waals surface area contributed by atoms with E-state index in [1.54, 1.807) is 24.0 Å². The minimum Gasteiger partial charge on any atom is -0.349 e. The molecule has 1 N–H and O–H groups in total. The Morgan fingerprint density at radius 1 is 1.40 bits per heavy atom. The topological polar surface area (TPSA) is 64.7 Å². The highest BCUT2D eigenvalue weighted by atomic mass is 19.4. The van der Waals surface area contributed by atoms with Gasteiger partial charge in [0.05, 0.1) is 12.2 Å². The van der Waals surface area contributed by atoms with Gasteiger partial charge >= 0.3 is 6.18 Å². The fourth-order valence-electron chi connectivity index (χ4n) is 1.57. The second kappa shape index (κ2) is 5.35. The third-order valence-corrected chi connectivity index (χ3v) is 2.63. The number of carbonyl (C=O) groups excluding carboxylic acids is 1. The van der Waals surface area contributed by atoms with Crippen molar-refractivity contribution in [1.82, 2.24) is 24.9 Å². The molecule has 0 bridgehead atoms. The molecule has 0 aliphatic heterocycles. The number of nitrogens with zero attached hydrogens (tertiary/aromatic N) is 4. The highest BCUT2D eigenvalue weighted by Crippen LogP contribution is 2.27. The molecule has 2 heterocycles. The normalized spacial score (nSPS) is 11.6. The molecule has 0 aliphatic rings. The van der Waals surface area contributed by atoms with E-state index in [0.717, 1.165) is 22.6 Å². The minimum atomic E-state index is -4.50. The van der Waals surface area contributed by atoms with Crippen LogP contribution < -0.4 is 5.32 Å². The van der Waals surface area contributed by atoms with Gasteiger partial charge in [-0.05, 0) is 12.1 Å². The summed E-state index contributed by atoms with van der Waals surface area (Å²) in [5.74, 6) is -0.428. The monoisotopic (exact) mass is 287 g/mol. The average Bonchev–Trinajstić information content (AvgIpc) is 2.95.